The van der Waals surface area contributed by atoms with Crippen LogP contribution < -0.4 is 5.32 Å². The Morgan fingerprint density at radius 3 is 2.48 bits per heavy atom. The van der Waals surface area contributed by atoms with E-state index >= 15 is 0 Å². The Morgan fingerprint density at radius 1 is 1.05 bits per heavy atom. The van der Waals surface area contributed by atoms with Gasteiger partial charge in [-0.1, -0.05) is 35.9 Å². The number of imidazole rings is 1. The summed E-state index contributed by atoms with van der Waals surface area (Å²) in [5, 5.41) is 2.88. The first-order chi connectivity index (χ1) is 10.2. The summed E-state index contributed by atoms with van der Waals surface area (Å²) in [6, 6.07) is 17.4. The zero-order valence-corrected chi connectivity index (χ0v) is 11.7. The van der Waals surface area contributed by atoms with Crippen LogP contribution in [0.15, 0.2) is 67.1 Å². The molecule has 1 aromatic heterocycles. The quantitative estimate of drug-likeness (QED) is 0.797. The Labute approximate surface area is 123 Å². The van der Waals surface area contributed by atoms with E-state index in [9.17, 15) is 4.79 Å². The van der Waals surface area contributed by atoms with E-state index in [0.29, 0.717) is 5.69 Å². The lowest BCUT2D eigenvalue weighted by Gasteiger charge is -2.09. The highest BCUT2D eigenvalue weighted by Gasteiger charge is 2.13. The number of amides is 1. The molecular weight excluding hydrogens is 262 g/mol. The van der Waals surface area contributed by atoms with Crippen molar-refractivity contribution in [1.29, 1.82) is 0 Å². The van der Waals surface area contributed by atoms with Crippen molar-refractivity contribution in [2.75, 3.05) is 5.32 Å². The standard InChI is InChI=1S/C17H15N3O/c1-13-7-9-14(10-8-13)19-17(21)16-11-18-12-20(16)15-5-3-2-4-6-15/h2-12H,1H3,(H,19,21). The maximum atomic E-state index is 12.4. The van der Waals surface area contributed by atoms with Crippen molar-refractivity contribution in [1.82, 2.24) is 9.55 Å². The zero-order valence-electron chi connectivity index (χ0n) is 11.7. The van der Waals surface area contributed by atoms with Gasteiger partial charge in [0.1, 0.15) is 5.69 Å². The largest absolute Gasteiger partial charge is 0.321 e. The summed E-state index contributed by atoms with van der Waals surface area (Å²) in [6.07, 6.45) is 3.20. The minimum Gasteiger partial charge on any atom is -0.321 e. The zero-order chi connectivity index (χ0) is 14.7. The van der Waals surface area contributed by atoms with Crippen LogP contribution in [0.2, 0.25) is 0 Å². The Morgan fingerprint density at radius 2 is 1.76 bits per heavy atom. The molecule has 3 aromatic rings. The van der Waals surface area contributed by atoms with Gasteiger partial charge in [0.05, 0.1) is 12.5 Å². The van der Waals surface area contributed by atoms with Crippen LogP contribution in [0.4, 0.5) is 5.69 Å². The smallest absolute Gasteiger partial charge is 0.274 e. The Kier molecular flexibility index (Phi) is 3.51. The first-order valence-corrected chi connectivity index (χ1v) is 6.70. The summed E-state index contributed by atoms with van der Waals surface area (Å²) < 4.78 is 1.77. The predicted octanol–water partition coefficient (Wildman–Crippen LogP) is 3.43. The molecule has 4 heteroatoms. The molecule has 0 aliphatic rings. The number of carbonyl (C=O) groups is 1. The summed E-state index contributed by atoms with van der Waals surface area (Å²) in [4.78, 5) is 16.5. The van der Waals surface area contributed by atoms with E-state index in [4.69, 9.17) is 0 Å². The molecule has 0 saturated heterocycles. The van der Waals surface area contributed by atoms with Gasteiger partial charge in [-0.15, -0.1) is 0 Å². The van der Waals surface area contributed by atoms with E-state index in [0.717, 1.165) is 16.9 Å². The van der Waals surface area contributed by atoms with E-state index in [1.165, 1.54) is 0 Å². The van der Waals surface area contributed by atoms with Gasteiger partial charge in [-0.3, -0.25) is 9.36 Å². The summed E-state index contributed by atoms with van der Waals surface area (Å²) >= 11 is 0. The van der Waals surface area contributed by atoms with Gasteiger partial charge < -0.3 is 5.32 Å². The average Bonchev–Trinajstić information content (AvgIpc) is 3.00. The summed E-state index contributed by atoms with van der Waals surface area (Å²) in [5.41, 5.74) is 3.33. The van der Waals surface area contributed by atoms with Crippen LogP contribution in [0.5, 0.6) is 0 Å². The van der Waals surface area contributed by atoms with Crippen molar-refractivity contribution in [2.45, 2.75) is 6.92 Å². The van der Waals surface area contributed by atoms with Crippen molar-refractivity contribution in [3.63, 3.8) is 0 Å². The fourth-order valence-corrected chi connectivity index (χ4v) is 2.09. The van der Waals surface area contributed by atoms with Crippen LogP contribution in [-0.4, -0.2) is 15.5 Å². The Hall–Kier alpha value is -2.88. The van der Waals surface area contributed by atoms with Crippen molar-refractivity contribution >= 4 is 11.6 Å². The maximum Gasteiger partial charge on any atom is 0.274 e. The highest BCUT2D eigenvalue weighted by molar-refractivity contribution is 6.03. The molecular formula is C17H15N3O. The normalized spacial score (nSPS) is 10.3. The van der Waals surface area contributed by atoms with Gasteiger partial charge in [0.2, 0.25) is 0 Å². The predicted molar refractivity (Wildman–Crippen MR) is 82.7 cm³/mol. The second-order valence-corrected chi connectivity index (χ2v) is 4.80. The first-order valence-electron chi connectivity index (χ1n) is 6.70. The molecule has 0 radical (unpaired) electrons. The Bertz CT molecular complexity index is 745. The molecule has 0 bridgehead atoms. The molecule has 0 atom stereocenters. The van der Waals surface area contributed by atoms with Crippen LogP contribution in [-0.2, 0) is 0 Å². The van der Waals surface area contributed by atoms with Gasteiger partial charge in [0.15, 0.2) is 0 Å². The second-order valence-electron chi connectivity index (χ2n) is 4.80. The fourth-order valence-electron chi connectivity index (χ4n) is 2.09. The van der Waals surface area contributed by atoms with Crippen LogP contribution in [0.25, 0.3) is 5.69 Å². The van der Waals surface area contributed by atoms with Crippen LogP contribution >= 0.6 is 0 Å². The SMILES string of the molecule is Cc1ccc(NC(=O)c2cncn2-c2ccccc2)cc1. The summed E-state index contributed by atoms with van der Waals surface area (Å²) in [5.74, 6) is -0.180. The molecule has 21 heavy (non-hydrogen) atoms. The van der Waals surface area contributed by atoms with Gasteiger partial charge in [-0.25, -0.2) is 4.98 Å². The van der Waals surface area contributed by atoms with E-state index in [1.54, 1.807) is 17.1 Å². The number of benzene rings is 2. The fraction of sp³-hybridized carbons (Fsp3) is 0.0588. The lowest BCUT2D eigenvalue weighted by Crippen LogP contribution is -2.16. The van der Waals surface area contributed by atoms with Gasteiger partial charge in [0, 0.05) is 11.4 Å². The number of anilines is 1. The molecule has 1 heterocycles. The number of carbonyl (C=O) groups excluding carboxylic acids is 1. The maximum absolute atomic E-state index is 12.4. The van der Waals surface area contributed by atoms with Crippen LogP contribution in [0.1, 0.15) is 16.1 Å². The number of hydrogen-bond donors (Lipinski definition) is 1. The van der Waals surface area contributed by atoms with E-state index < -0.39 is 0 Å². The molecule has 0 fully saturated rings. The lowest BCUT2D eigenvalue weighted by atomic mass is 10.2. The number of aromatic nitrogens is 2. The van der Waals surface area contributed by atoms with Gasteiger partial charge >= 0.3 is 0 Å². The van der Waals surface area contributed by atoms with E-state index in [-0.39, 0.29) is 5.91 Å². The van der Waals surface area contributed by atoms with Crippen molar-refractivity contribution < 1.29 is 4.79 Å². The molecule has 1 amide bonds. The number of hydrogen-bond acceptors (Lipinski definition) is 2. The molecule has 0 aliphatic carbocycles. The second kappa shape index (κ2) is 5.63. The van der Waals surface area contributed by atoms with E-state index in [2.05, 4.69) is 10.3 Å². The lowest BCUT2D eigenvalue weighted by molar-refractivity contribution is 0.102. The molecule has 104 valence electrons. The van der Waals surface area contributed by atoms with Gasteiger partial charge in [0.25, 0.3) is 5.91 Å². The molecule has 0 spiro atoms. The molecule has 4 nitrogen and oxygen atoms in total. The summed E-state index contributed by atoms with van der Waals surface area (Å²) in [7, 11) is 0. The molecule has 3 rings (SSSR count). The number of aryl methyl sites for hydroxylation is 1. The average molecular weight is 277 g/mol. The summed E-state index contributed by atoms with van der Waals surface area (Å²) in [6.45, 7) is 2.01. The number of rotatable bonds is 3. The molecule has 2 aromatic carbocycles. The van der Waals surface area contributed by atoms with Gasteiger partial charge in [-0.05, 0) is 31.2 Å². The minimum absolute atomic E-state index is 0.180. The molecule has 0 aliphatic heterocycles. The number of para-hydroxylation sites is 1. The third-order valence-electron chi connectivity index (χ3n) is 3.21. The van der Waals surface area contributed by atoms with E-state index in [1.807, 2.05) is 61.5 Å². The third kappa shape index (κ3) is 2.84. The van der Waals surface area contributed by atoms with Crippen LogP contribution in [0, 0.1) is 6.92 Å². The Balaban J connectivity index is 1.86. The van der Waals surface area contributed by atoms with Gasteiger partial charge in [-0.2, -0.15) is 0 Å². The first kappa shape index (κ1) is 13.1. The highest BCUT2D eigenvalue weighted by atomic mass is 16.2. The van der Waals surface area contributed by atoms with Crippen molar-refractivity contribution in [2.24, 2.45) is 0 Å². The molecule has 1 N–H and O–H groups in total. The monoisotopic (exact) mass is 277 g/mol. The third-order valence-corrected chi connectivity index (χ3v) is 3.21. The molecule has 0 saturated carbocycles. The van der Waals surface area contributed by atoms with Crippen LogP contribution in [0.3, 0.4) is 0 Å². The van der Waals surface area contributed by atoms with Crippen molar-refractivity contribution in [3.8, 4) is 5.69 Å². The van der Waals surface area contributed by atoms with Crippen molar-refractivity contribution in [3.05, 3.63) is 78.4 Å². The minimum atomic E-state index is -0.180. The highest BCUT2D eigenvalue weighted by Crippen LogP contribution is 2.14. The number of nitrogens with zero attached hydrogens (tertiary/aromatic N) is 2. The number of nitrogens with one attached hydrogen (secondary N) is 1. The molecule has 0 unspecified atom stereocenters. The topological polar surface area (TPSA) is 46.9 Å².